The number of fused-ring (bicyclic) bond motifs is 1. The van der Waals surface area contributed by atoms with Gasteiger partial charge in [0.25, 0.3) is 0 Å². The Morgan fingerprint density at radius 2 is 2.33 bits per heavy atom. The van der Waals surface area contributed by atoms with Crippen LogP contribution in [0.25, 0.3) is 0 Å². The molecular weight excluding hydrogens is 248 g/mol. The fraction of sp³-hybridized carbons (Fsp3) is 0.462. The Morgan fingerprint density at radius 1 is 1.50 bits per heavy atom. The summed E-state index contributed by atoms with van der Waals surface area (Å²) in [6.07, 6.45) is 0. The molecule has 1 amide bonds. The topological polar surface area (TPSA) is 50.4 Å². The molecule has 0 unspecified atom stereocenters. The highest BCUT2D eigenvalue weighted by atomic mass is 32.2. The third-order valence-corrected chi connectivity index (χ3v) is 4.31. The van der Waals surface area contributed by atoms with Crippen molar-refractivity contribution >= 4 is 29.0 Å². The molecule has 0 saturated carbocycles. The molecule has 1 fully saturated rings. The first-order chi connectivity index (χ1) is 8.65. The van der Waals surface area contributed by atoms with Gasteiger partial charge >= 0.3 is 0 Å². The van der Waals surface area contributed by atoms with Crippen molar-refractivity contribution in [2.45, 2.75) is 11.8 Å². The van der Waals surface area contributed by atoms with E-state index in [1.54, 1.807) is 11.8 Å². The smallest absolute Gasteiger partial charge is 0.234 e. The summed E-state index contributed by atoms with van der Waals surface area (Å²) in [5, 5.41) is 6.31. The Labute approximate surface area is 110 Å². The predicted molar refractivity (Wildman–Crippen MR) is 73.2 cm³/mol. The molecule has 2 aliphatic heterocycles. The number of ether oxygens (including phenoxy) is 1. The third kappa shape index (κ3) is 2.33. The van der Waals surface area contributed by atoms with Gasteiger partial charge in [-0.05, 0) is 18.2 Å². The average Bonchev–Trinajstić information content (AvgIpc) is 2.33. The first-order valence-electron chi connectivity index (χ1n) is 6.03. The largest absolute Gasteiger partial charge is 0.384 e. The molecule has 0 bridgehead atoms. The van der Waals surface area contributed by atoms with Crippen LogP contribution in [0, 0.1) is 5.41 Å². The van der Waals surface area contributed by atoms with Gasteiger partial charge < -0.3 is 15.4 Å². The minimum absolute atomic E-state index is 0.0732. The second kappa shape index (κ2) is 4.48. The lowest BCUT2D eigenvalue weighted by Gasteiger charge is -2.38. The van der Waals surface area contributed by atoms with Crippen LogP contribution in [-0.2, 0) is 9.53 Å². The zero-order chi connectivity index (χ0) is 12.6. The average molecular weight is 264 g/mol. The first-order valence-corrected chi connectivity index (χ1v) is 7.02. The van der Waals surface area contributed by atoms with Crippen LogP contribution in [0.1, 0.15) is 6.92 Å². The van der Waals surface area contributed by atoms with Crippen molar-refractivity contribution in [2.24, 2.45) is 5.41 Å². The molecule has 1 saturated heterocycles. The maximum Gasteiger partial charge on any atom is 0.234 e. The van der Waals surface area contributed by atoms with Crippen molar-refractivity contribution in [3.63, 3.8) is 0 Å². The zero-order valence-electron chi connectivity index (χ0n) is 10.3. The maximum absolute atomic E-state index is 11.3. The van der Waals surface area contributed by atoms with Crippen LogP contribution in [-0.4, -0.2) is 31.4 Å². The first kappa shape index (κ1) is 11.9. The monoisotopic (exact) mass is 264 g/mol. The number of nitrogens with one attached hydrogen (secondary N) is 2. The van der Waals surface area contributed by atoms with Crippen molar-refractivity contribution in [3.8, 4) is 0 Å². The highest BCUT2D eigenvalue weighted by molar-refractivity contribution is 8.00. The molecule has 2 aliphatic rings. The SMILES string of the molecule is CC1(CNc2ccc3c(c2)NC(=O)CS3)COC1. The maximum atomic E-state index is 11.3. The van der Waals surface area contributed by atoms with Crippen LogP contribution in [0.4, 0.5) is 11.4 Å². The minimum atomic E-state index is 0.0732. The normalized spacial score (nSPS) is 20.6. The number of amides is 1. The van der Waals surface area contributed by atoms with Gasteiger partial charge in [0.1, 0.15) is 0 Å². The van der Waals surface area contributed by atoms with E-state index >= 15 is 0 Å². The van der Waals surface area contributed by atoms with Gasteiger partial charge in [-0.2, -0.15) is 0 Å². The molecule has 0 aliphatic carbocycles. The predicted octanol–water partition coefficient (Wildman–Crippen LogP) is 2.18. The summed E-state index contributed by atoms with van der Waals surface area (Å²) in [6, 6.07) is 6.12. The summed E-state index contributed by atoms with van der Waals surface area (Å²) in [6.45, 7) is 4.74. The lowest BCUT2D eigenvalue weighted by atomic mass is 9.89. The number of hydrogen-bond donors (Lipinski definition) is 2. The van der Waals surface area contributed by atoms with E-state index in [0.717, 1.165) is 36.0 Å². The summed E-state index contributed by atoms with van der Waals surface area (Å²) in [4.78, 5) is 12.5. The molecule has 5 heteroatoms. The number of benzene rings is 1. The van der Waals surface area contributed by atoms with Crippen LogP contribution in [0.3, 0.4) is 0 Å². The van der Waals surface area contributed by atoms with Gasteiger partial charge in [0, 0.05) is 22.5 Å². The molecule has 18 heavy (non-hydrogen) atoms. The Kier molecular flexibility index (Phi) is 2.95. The van der Waals surface area contributed by atoms with Crippen molar-refractivity contribution in [1.29, 1.82) is 0 Å². The molecule has 2 N–H and O–H groups in total. The molecule has 0 spiro atoms. The molecule has 0 atom stereocenters. The summed E-state index contributed by atoms with van der Waals surface area (Å²) >= 11 is 1.59. The third-order valence-electron chi connectivity index (χ3n) is 3.23. The lowest BCUT2D eigenvalue weighted by molar-refractivity contribution is -0.113. The molecular formula is C13H16N2O2S. The van der Waals surface area contributed by atoms with E-state index < -0.39 is 0 Å². The molecule has 0 aromatic heterocycles. The van der Waals surface area contributed by atoms with Gasteiger partial charge in [0.05, 0.1) is 24.7 Å². The molecule has 1 aromatic carbocycles. The van der Waals surface area contributed by atoms with E-state index in [1.807, 2.05) is 6.07 Å². The number of hydrogen-bond acceptors (Lipinski definition) is 4. The van der Waals surface area contributed by atoms with Crippen molar-refractivity contribution < 1.29 is 9.53 Å². The highest BCUT2D eigenvalue weighted by Gasteiger charge is 2.32. The van der Waals surface area contributed by atoms with Crippen molar-refractivity contribution in [2.75, 3.05) is 36.1 Å². The van der Waals surface area contributed by atoms with Gasteiger partial charge in [-0.1, -0.05) is 6.92 Å². The molecule has 2 heterocycles. The highest BCUT2D eigenvalue weighted by Crippen LogP contribution is 2.34. The van der Waals surface area contributed by atoms with Gasteiger partial charge in [-0.3, -0.25) is 4.79 Å². The molecule has 1 aromatic rings. The summed E-state index contributed by atoms with van der Waals surface area (Å²) in [5.41, 5.74) is 2.20. The van der Waals surface area contributed by atoms with E-state index in [1.165, 1.54) is 0 Å². The van der Waals surface area contributed by atoms with Crippen LogP contribution < -0.4 is 10.6 Å². The molecule has 96 valence electrons. The summed E-state index contributed by atoms with van der Waals surface area (Å²) in [5.74, 6) is 0.582. The quantitative estimate of drug-likeness (QED) is 0.878. The number of carbonyl (C=O) groups is 1. The zero-order valence-corrected chi connectivity index (χ0v) is 11.1. The second-order valence-corrected chi connectivity index (χ2v) is 6.22. The van der Waals surface area contributed by atoms with Gasteiger partial charge in [-0.25, -0.2) is 0 Å². The van der Waals surface area contributed by atoms with Crippen LogP contribution >= 0.6 is 11.8 Å². The van der Waals surface area contributed by atoms with Crippen molar-refractivity contribution in [3.05, 3.63) is 18.2 Å². The van der Waals surface area contributed by atoms with Crippen LogP contribution in [0.5, 0.6) is 0 Å². The Hall–Kier alpha value is -1.20. The van der Waals surface area contributed by atoms with E-state index in [9.17, 15) is 4.79 Å². The lowest BCUT2D eigenvalue weighted by Crippen LogP contribution is -2.45. The fourth-order valence-electron chi connectivity index (χ4n) is 2.06. The van der Waals surface area contributed by atoms with Gasteiger partial charge in [0.2, 0.25) is 5.91 Å². The number of carbonyl (C=O) groups excluding carboxylic acids is 1. The Bertz CT molecular complexity index is 486. The second-order valence-electron chi connectivity index (χ2n) is 5.20. The van der Waals surface area contributed by atoms with E-state index in [0.29, 0.717) is 5.75 Å². The minimum Gasteiger partial charge on any atom is -0.384 e. The van der Waals surface area contributed by atoms with Gasteiger partial charge in [0.15, 0.2) is 0 Å². The molecule has 3 rings (SSSR count). The standard InChI is InChI=1S/C13H16N2O2S/c1-13(7-17-8-13)6-14-9-2-3-11-10(4-9)15-12(16)5-18-11/h2-4,14H,5-8H2,1H3,(H,15,16). The van der Waals surface area contributed by atoms with Gasteiger partial charge in [-0.15, -0.1) is 11.8 Å². The number of anilines is 2. The molecule has 0 radical (unpaired) electrons. The van der Waals surface area contributed by atoms with E-state index in [4.69, 9.17) is 4.74 Å². The van der Waals surface area contributed by atoms with Crippen LogP contribution in [0.2, 0.25) is 0 Å². The Morgan fingerprint density at radius 3 is 3.06 bits per heavy atom. The van der Waals surface area contributed by atoms with Crippen molar-refractivity contribution in [1.82, 2.24) is 0 Å². The van der Waals surface area contributed by atoms with Crippen LogP contribution in [0.15, 0.2) is 23.1 Å². The Balaban J connectivity index is 1.69. The summed E-state index contributed by atoms with van der Waals surface area (Å²) < 4.78 is 5.23. The number of thioether (sulfide) groups is 1. The molecule has 4 nitrogen and oxygen atoms in total. The fourth-order valence-corrected chi connectivity index (χ4v) is 2.85. The van der Waals surface area contributed by atoms with E-state index in [-0.39, 0.29) is 11.3 Å². The van der Waals surface area contributed by atoms with E-state index in [2.05, 4.69) is 29.7 Å². The summed E-state index contributed by atoms with van der Waals surface area (Å²) in [7, 11) is 0. The number of rotatable bonds is 3.